The van der Waals surface area contributed by atoms with Gasteiger partial charge in [-0.05, 0) is 59.2 Å². The summed E-state index contributed by atoms with van der Waals surface area (Å²) in [6, 6.07) is 7.32. The fraction of sp³-hybridized carbons (Fsp3) is 0.636. The first-order valence-electron chi connectivity index (χ1n) is 10.2. The Morgan fingerprint density at radius 1 is 1.10 bits per heavy atom. The van der Waals surface area contributed by atoms with Crippen LogP contribution in [0.25, 0.3) is 0 Å². The molecule has 0 spiro atoms. The number of hydrogen-bond donors (Lipinski definition) is 3. The smallest absolute Gasteiger partial charge is 0.408 e. The summed E-state index contributed by atoms with van der Waals surface area (Å²) >= 11 is 0. The molecule has 1 aliphatic heterocycles. The number of esters is 1. The van der Waals surface area contributed by atoms with Crippen molar-refractivity contribution in [3.05, 3.63) is 29.8 Å². The molecular weight excluding hydrogens is 388 g/mol. The van der Waals surface area contributed by atoms with Crippen molar-refractivity contribution < 1.29 is 28.9 Å². The van der Waals surface area contributed by atoms with Gasteiger partial charge in [0, 0.05) is 18.7 Å². The van der Waals surface area contributed by atoms with Crippen molar-refractivity contribution in [1.82, 2.24) is 5.32 Å². The van der Waals surface area contributed by atoms with Crippen LogP contribution in [0.4, 0.5) is 10.5 Å². The van der Waals surface area contributed by atoms with E-state index >= 15 is 0 Å². The van der Waals surface area contributed by atoms with Gasteiger partial charge in [-0.15, -0.1) is 0 Å². The predicted octanol–water partition coefficient (Wildman–Crippen LogP) is 3.16. The lowest BCUT2D eigenvalue weighted by Gasteiger charge is -2.36. The maximum Gasteiger partial charge on any atom is 0.408 e. The Hall–Kier alpha value is -2.32. The van der Waals surface area contributed by atoms with E-state index in [4.69, 9.17) is 19.3 Å². The maximum atomic E-state index is 13.3. The number of anilines is 1. The number of hydrogen-bond acceptors (Lipinski definition) is 7. The highest BCUT2D eigenvalue weighted by Crippen LogP contribution is 2.40. The van der Waals surface area contributed by atoms with Crippen molar-refractivity contribution in [2.75, 3.05) is 25.1 Å². The van der Waals surface area contributed by atoms with Crippen LogP contribution in [0.3, 0.4) is 0 Å². The van der Waals surface area contributed by atoms with Crippen LogP contribution in [0.15, 0.2) is 24.3 Å². The lowest BCUT2D eigenvalue weighted by molar-refractivity contribution is -0.166. The second-order valence-electron chi connectivity index (χ2n) is 9.37. The van der Waals surface area contributed by atoms with Gasteiger partial charge >= 0.3 is 12.1 Å². The van der Waals surface area contributed by atoms with Gasteiger partial charge in [0.1, 0.15) is 17.3 Å². The molecule has 0 aromatic heterocycles. The number of ether oxygens (including phenoxy) is 3. The molecule has 168 valence electrons. The van der Waals surface area contributed by atoms with E-state index in [-0.39, 0.29) is 19.6 Å². The Morgan fingerprint density at radius 2 is 1.70 bits per heavy atom. The van der Waals surface area contributed by atoms with Gasteiger partial charge in [0.15, 0.2) is 5.54 Å². The molecule has 0 unspecified atom stereocenters. The van der Waals surface area contributed by atoms with E-state index in [2.05, 4.69) is 10.6 Å². The van der Waals surface area contributed by atoms with Gasteiger partial charge in [0.05, 0.1) is 13.2 Å². The molecule has 3 N–H and O–H groups in total. The van der Waals surface area contributed by atoms with E-state index in [0.29, 0.717) is 6.54 Å². The number of rotatable bonds is 6. The average molecular weight is 423 g/mol. The quantitative estimate of drug-likeness (QED) is 0.605. The number of carbonyl (C=O) groups is 2. The molecule has 1 aromatic carbocycles. The summed E-state index contributed by atoms with van der Waals surface area (Å²) in [6.45, 7) is 11.3. The molecule has 1 fully saturated rings. The zero-order chi connectivity index (χ0) is 22.6. The van der Waals surface area contributed by atoms with Crippen molar-refractivity contribution in [2.45, 2.75) is 70.8 Å². The van der Waals surface area contributed by atoms with E-state index in [9.17, 15) is 9.59 Å². The maximum absolute atomic E-state index is 13.3. The molecule has 1 amide bonds. The summed E-state index contributed by atoms with van der Waals surface area (Å²) in [5, 5.41) is 14.8. The molecule has 8 nitrogen and oxygen atoms in total. The number of benzene rings is 1. The Balaban J connectivity index is 2.35. The van der Waals surface area contributed by atoms with Crippen LogP contribution < -0.4 is 10.6 Å². The minimum Gasteiger partial charge on any atom is -0.458 e. The van der Waals surface area contributed by atoms with E-state index in [0.717, 1.165) is 11.3 Å². The SMILES string of the molecule is CC(C)(C)OC(=O)N[C@]1(C(=O)OC(C)(C)C)CCO[C@H]1c1ccc(NCCO)cc1. The third-order valence-electron chi connectivity index (χ3n) is 4.37. The summed E-state index contributed by atoms with van der Waals surface area (Å²) in [7, 11) is 0. The monoisotopic (exact) mass is 422 g/mol. The van der Waals surface area contributed by atoms with Gasteiger partial charge in [-0.3, -0.25) is 0 Å². The predicted molar refractivity (Wildman–Crippen MR) is 113 cm³/mol. The normalized spacial score (nSPS) is 21.8. The molecule has 1 aromatic rings. The molecule has 0 saturated carbocycles. The Morgan fingerprint density at radius 3 is 2.23 bits per heavy atom. The number of aliphatic hydroxyl groups is 1. The standard InChI is InChI=1S/C22H34N2O6/c1-20(2,3)29-18(26)22(24-19(27)30-21(4,5)6)11-14-28-17(22)15-7-9-16(10-8-15)23-12-13-25/h7-10,17,23,25H,11-14H2,1-6H3,(H,24,27)/t17-,22+/m0/s1. The van der Waals surface area contributed by atoms with Gasteiger partial charge in [-0.2, -0.15) is 0 Å². The number of amides is 1. The van der Waals surface area contributed by atoms with Crippen LogP contribution in [0.5, 0.6) is 0 Å². The van der Waals surface area contributed by atoms with Gasteiger partial charge in [-0.1, -0.05) is 12.1 Å². The van der Waals surface area contributed by atoms with E-state index < -0.39 is 34.9 Å². The summed E-state index contributed by atoms with van der Waals surface area (Å²) in [5.74, 6) is -0.564. The number of aliphatic hydroxyl groups excluding tert-OH is 1. The Kier molecular flexibility index (Phi) is 7.36. The highest BCUT2D eigenvalue weighted by molar-refractivity contribution is 5.87. The first-order chi connectivity index (χ1) is 13.9. The Labute approximate surface area is 178 Å². The first-order valence-corrected chi connectivity index (χ1v) is 10.2. The summed E-state index contributed by atoms with van der Waals surface area (Å²) in [6.07, 6.45) is -1.17. The first kappa shape index (κ1) is 24.0. The molecular formula is C22H34N2O6. The van der Waals surface area contributed by atoms with Crippen LogP contribution >= 0.6 is 0 Å². The zero-order valence-electron chi connectivity index (χ0n) is 18.7. The molecule has 2 rings (SSSR count). The lowest BCUT2D eigenvalue weighted by atomic mass is 9.86. The number of alkyl carbamates (subject to hydrolysis) is 1. The van der Waals surface area contributed by atoms with Gasteiger partial charge in [0.25, 0.3) is 0 Å². The van der Waals surface area contributed by atoms with Crippen LogP contribution in [-0.4, -0.2) is 53.7 Å². The van der Waals surface area contributed by atoms with Crippen molar-refractivity contribution in [1.29, 1.82) is 0 Å². The fourth-order valence-electron chi connectivity index (χ4n) is 3.21. The number of carbonyl (C=O) groups excluding carboxylic acids is 2. The van der Waals surface area contributed by atoms with Gasteiger partial charge in [-0.25, -0.2) is 9.59 Å². The molecule has 8 heteroatoms. The largest absolute Gasteiger partial charge is 0.458 e. The fourth-order valence-corrected chi connectivity index (χ4v) is 3.21. The third-order valence-corrected chi connectivity index (χ3v) is 4.37. The third kappa shape index (κ3) is 6.34. The van der Waals surface area contributed by atoms with Crippen molar-refractivity contribution in [2.24, 2.45) is 0 Å². The molecule has 0 bridgehead atoms. The molecule has 1 aliphatic rings. The highest BCUT2D eigenvalue weighted by Gasteiger charge is 2.55. The minimum atomic E-state index is -1.41. The van der Waals surface area contributed by atoms with Crippen molar-refractivity contribution >= 4 is 17.7 Å². The molecule has 1 saturated heterocycles. The van der Waals surface area contributed by atoms with E-state index in [1.54, 1.807) is 41.5 Å². The highest BCUT2D eigenvalue weighted by atomic mass is 16.6. The second kappa shape index (κ2) is 9.22. The summed E-state index contributed by atoms with van der Waals surface area (Å²) in [5.41, 5.74) is -1.30. The van der Waals surface area contributed by atoms with Crippen LogP contribution in [0.2, 0.25) is 0 Å². The Bertz CT molecular complexity index is 735. The summed E-state index contributed by atoms with van der Waals surface area (Å²) < 4.78 is 17.0. The van der Waals surface area contributed by atoms with Crippen LogP contribution in [0, 0.1) is 0 Å². The van der Waals surface area contributed by atoms with Crippen molar-refractivity contribution in [3.8, 4) is 0 Å². The van der Waals surface area contributed by atoms with Crippen LogP contribution in [0.1, 0.15) is 59.6 Å². The summed E-state index contributed by atoms with van der Waals surface area (Å²) in [4.78, 5) is 25.9. The molecule has 0 radical (unpaired) electrons. The van der Waals surface area contributed by atoms with E-state index in [1.165, 1.54) is 0 Å². The van der Waals surface area contributed by atoms with E-state index in [1.807, 2.05) is 24.3 Å². The van der Waals surface area contributed by atoms with Gasteiger partial charge in [0.2, 0.25) is 0 Å². The average Bonchev–Trinajstić information content (AvgIpc) is 3.02. The molecule has 30 heavy (non-hydrogen) atoms. The number of nitrogens with one attached hydrogen (secondary N) is 2. The molecule has 1 heterocycles. The topological polar surface area (TPSA) is 106 Å². The minimum absolute atomic E-state index is 0.0229. The van der Waals surface area contributed by atoms with Crippen LogP contribution in [-0.2, 0) is 19.0 Å². The second-order valence-corrected chi connectivity index (χ2v) is 9.37. The zero-order valence-corrected chi connectivity index (χ0v) is 18.7. The van der Waals surface area contributed by atoms with Crippen molar-refractivity contribution in [3.63, 3.8) is 0 Å². The van der Waals surface area contributed by atoms with Gasteiger partial charge < -0.3 is 30.0 Å². The lowest BCUT2D eigenvalue weighted by Crippen LogP contribution is -2.59. The molecule has 2 atom stereocenters. The molecule has 0 aliphatic carbocycles.